The minimum absolute atomic E-state index is 0.278. The fourth-order valence-electron chi connectivity index (χ4n) is 0.951. The van der Waals surface area contributed by atoms with Crippen molar-refractivity contribution in [3.05, 3.63) is 35.4 Å². The van der Waals surface area contributed by atoms with E-state index in [0.717, 1.165) is 24.3 Å². The van der Waals surface area contributed by atoms with Crippen molar-refractivity contribution in [3.63, 3.8) is 0 Å². The monoisotopic (exact) mass is 200 g/mol. The van der Waals surface area contributed by atoms with Crippen LogP contribution in [0.25, 0.3) is 0 Å². The van der Waals surface area contributed by atoms with E-state index in [9.17, 15) is 13.2 Å². The van der Waals surface area contributed by atoms with Gasteiger partial charge in [0.25, 0.3) is 0 Å². The third-order valence-electron chi connectivity index (χ3n) is 1.71. The molecule has 1 nitrogen and oxygen atoms in total. The summed E-state index contributed by atoms with van der Waals surface area (Å²) in [7, 11) is 0. The molecule has 74 valence electrons. The minimum atomic E-state index is -4.36. The summed E-state index contributed by atoms with van der Waals surface area (Å²) in [4.78, 5) is 0. The van der Waals surface area contributed by atoms with Gasteiger partial charge in [-0.15, -0.1) is 6.42 Å². The number of halogens is 3. The Hall–Kier alpha value is -1.47. The molecule has 0 unspecified atom stereocenters. The van der Waals surface area contributed by atoms with E-state index >= 15 is 0 Å². The lowest BCUT2D eigenvalue weighted by Gasteiger charge is -2.08. The normalized spacial score (nSPS) is 13.4. The van der Waals surface area contributed by atoms with E-state index in [1.165, 1.54) is 0 Å². The fourth-order valence-corrected chi connectivity index (χ4v) is 0.951. The number of terminal acetylenes is 1. The summed E-state index contributed by atoms with van der Waals surface area (Å²) < 4.78 is 36.3. The van der Waals surface area contributed by atoms with Crippen molar-refractivity contribution >= 4 is 0 Å². The molecule has 1 atom stereocenters. The van der Waals surface area contributed by atoms with Crippen molar-refractivity contribution in [1.29, 1.82) is 0 Å². The Kier molecular flexibility index (Phi) is 2.82. The van der Waals surface area contributed by atoms with Crippen LogP contribution in [0, 0.1) is 12.3 Å². The molecule has 0 bridgehead atoms. The summed E-state index contributed by atoms with van der Waals surface area (Å²) in [5.74, 6) is 2.01. The highest BCUT2D eigenvalue weighted by molar-refractivity contribution is 5.29. The second-order valence-electron chi connectivity index (χ2n) is 2.69. The molecule has 0 saturated heterocycles. The fraction of sp³-hybridized carbons (Fsp3) is 0.200. The molecule has 0 amide bonds. The highest BCUT2D eigenvalue weighted by Gasteiger charge is 2.30. The summed E-state index contributed by atoms with van der Waals surface area (Å²) >= 11 is 0. The molecule has 1 aromatic rings. The van der Waals surface area contributed by atoms with Crippen LogP contribution in [-0.4, -0.2) is 5.11 Å². The largest absolute Gasteiger partial charge is 0.416 e. The predicted octanol–water partition coefficient (Wildman–Crippen LogP) is 2.37. The Morgan fingerprint density at radius 3 is 2.07 bits per heavy atom. The van der Waals surface area contributed by atoms with Crippen LogP contribution in [0.4, 0.5) is 13.2 Å². The van der Waals surface area contributed by atoms with Crippen LogP contribution >= 0.6 is 0 Å². The molecule has 0 aliphatic carbocycles. The van der Waals surface area contributed by atoms with E-state index in [1.807, 2.05) is 5.92 Å². The number of hydrogen-bond donors (Lipinski definition) is 1. The number of hydrogen-bond acceptors (Lipinski definition) is 1. The molecule has 0 aliphatic rings. The molecule has 0 spiro atoms. The van der Waals surface area contributed by atoms with Crippen LogP contribution < -0.4 is 0 Å². The molecular formula is C10H7F3O. The lowest BCUT2D eigenvalue weighted by atomic mass is 10.1. The van der Waals surface area contributed by atoms with Gasteiger partial charge < -0.3 is 5.11 Å². The van der Waals surface area contributed by atoms with Gasteiger partial charge in [0.15, 0.2) is 0 Å². The first-order valence-corrected chi connectivity index (χ1v) is 3.76. The first-order valence-electron chi connectivity index (χ1n) is 3.76. The molecule has 1 N–H and O–H groups in total. The van der Waals surface area contributed by atoms with Crippen molar-refractivity contribution < 1.29 is 18.3 Å². The molecule has 0 saturated carbocycles. The van der Waals surface area contributed by atoms with Gasteiger partial charge in [0.1, 0.15) is 6.10 Å². The molecule has 0 aromatic heterocycles. The van der Waals surface area contributed by atoms with Crippen LogP contribution in [-0.2, 0) is 6.18 Å². The van der Waals surface area contributed by atoms with Crippen LogP contribution in [0.5, 0.6) is 0 Å². The zero-order valence-corrected chi connectivity index (χ0v) is 7.05. The van der Waals surface area contributed by atoms with Gasteiger partial charge >= 0.3 is 6.18 Å². The maximum atomic E-state index is 12.1. The summed E-state index contributed by atoms with van der Waals surface area (Å²) in [5, 5.41) is 9.11. The second-order valence-corrected chi connectivity index (χ2v) is 2.69. The molecule has 0 radical (unpaired) electrons. The summed E-state index contributed by atoms with van der Waals surface area (Å²) in [6.45, 7) is 0. The van der Waals surface area contributed by atoms with Crippen molar-refractivity contribution in [2.45, 2.75) is 12.3 Å². The first-order chi connectivity index (χ1) is 6.45. The van der Waals surface area contributed by atoms with Crippen molar-refractivity contribution in [1.82, 2.24) is 0 Å². The average molecular weight is 200 g/mol. The first kappa shape index (κ1) is 10.6. The van der Waals surface area contributed by atoms with Crippen LogP contribution in [0.15, 0.2) is 24.3 Å². The standard InChI is InChI=1S/C10H7F3O/c1-2-9(14)7-3-5-8(6-4-7)10(11,12)13/h1,3-6,9,14H/t9-/m0/s1. The average Bonchev–Trinajstić information content (AvgIpc) is 2.15. The number of benzene rings is 1. The van der Waals surface area contributed by atoms with Crippen molar-refractivity contribution in [2.24, 2.45) is 0 Å². The zero-order chi connectivity index (χ0) is 10.8. The van der Waals surface area contributed by atoms with Gasteiger partial charge in [0.2, 0.25) is 0 Å². The lowest BCUT2D eigenvalue weighted by molar-refractivity contribution is -0.137. The molecule has 1 rings (SSSR count). The van der Waals surface area contributed by atoms with Gasteiger partial charge in [-0.1, -0.05) is 18.1 Å². The molecule has 4 heteroatoms. The quantitative estimate of drug-likeness (QED) is 0.690. The Morgan fingerprint density at radius 1 is 1.21 bits per heavy atom. The maximum absolute atomic E-state index is 12.1. The van der Waals surface area contributed by atoms with Gasteiger partial charge in [0, 0.05) is 0 Å². The van der Waals surface area contributed by atoms with Gasteiger partial charge in [-0.05, 0) is 17.7 Å². The van der Waals surface area contributed by atoms with Crippen LogP contribution in [0.2, 0.25) is 0 Å². The molecule has 0 fully saturated rings. The highest BCUT2D eigenvalue weighted by Crippen LogP contribution is 2.29. The third-order valence-corrected chi connectivity index (χ3v) is 1.71. The molecule has 14 heavy (non-hydrogen) atoms. The Bertz CT molecular complexity index is 345. The number of aliphatic hydroxyl groups excluding tert-OH is 1. The van der Waals surface area contributed by atoms with E-state index < -0.39 is 17.8 Å². The number of rotatable bonds is 1. The third kappa shape index (κ3) is 2.27. The summed E-state index contributed by atoms with van der Waals surface area (Å²) in [5.41, 5.74) is -0.481. The lowest BCUT2D eigenvalue weighted by Crippen LogP contribution is -2.05. The Labute approximate surface area is 79.2 Å². The maximum Gasteiger partial charge on any atom is 0.416 e. The van der Waals surface area contributed by atoms with Gasteiger partial charge in [-0.25, -0.2) is 0 Å². The van der Waals surface area contributed by atoms with Gasteiger partial charge in [-0.3, -0.25) is 0 Å². The summed E-state index contributed by atoms with van der Waals surface area (Å²) in [6, 6.07) is 4.09. The number of alkyl halides is 3. The summed E-state index contributed by atoms with van der Waals surface area (Å²) in [6.07, 6.45) is -0.611. The van der Waals surface area contributed by atoms with Crippen LogP contribution in [0.3, 0.4) is 0 Å². The molecule has 1 aromatic carbocycles. The SMILES string of the molecule is C#C[C@H](O)c1ccc(C(F)(F)F)cc1. The van der Waals surface area contributed by atoms with Crippen molar-refractivity contribution in [3.8, 4) is 12.3 Å². The van der Waals surface area contributed by atoms with E-state index in [2.05, 4.69) is 0 Å². The predicted molar refractivity (Wildman–Crippen MR) is 45.2 cm³/mol. The smallest absolute Gasteiger partial charge is 0.376 e. The highest BCUT2D eigenvalue weighted by atomic mass is 19.4. The number of aliphatic hydroxyl groups is 1. The van der Waals surface area contributed by atoms with Crippen molar-refractivity contribution in [2.75, 3.05) is 0 Å². The minimum Gasteiger partial charge on any atom is -0.376 e. The van der Waals surface area contributed by atoms with E-state index in [-0.39, 0.29) is 5.56 Å². The van der Waals surface area contributed by atoms with Crippen LogP contribution in [0.1, 0.15) is 17.2 Å². The van der Waals surface area contributed by atoms with E-state index in [1.54, 1.807) is 0 Å². The van der Waals surface area contributed by atoms with Gasteiger partial charge in [0.05, 0.1) is 5.56 Å². The molecule has 0 aliphatic heterocycles. The zero-order valence-electron chi connectivity index (χ0n) is 7.05. The van der Waals surface area contributed by atoms with E-state index in [0.29, 0.717) is 0 Å². The molecule has 0 heterocycles. The van der Waals surface area contributed by atoms with E-state index in [4.69, 9.17) is 11.5 Å². The van der Waals surface area contributed by atoms with Gasteiger partial charge in [-0.2, -0.15) is 13.2 Å². The topological polar surface area (TPSA) is 20.2 Å². The second kappa shape index (κ2) is 3.72. The Balaban J connectivity index is 2.96. The molecular weight excluding hydrogens is 193 g/mol. The Morgan fingerprint density at radius 2 is 1.71 bits per heavy atom.